The maximum Gasteiger partial charge on any atom is 0.140 e. The van der Waals surface area contributed by atoms with Gasteiger partial charge < -0.3 is 21.4 Å². The zero-order valence-electron chi connectivity index (χ0n) is 9.77. The smallest absolute Gasteiger partial charge is 0.140 e. The molecule has 15 heavy (non-hydrogen) atoms. The van der Waals surface area contributed by atoms with Gasteiger partial charge in [0, 0.05) is 19.0 Å². The zero-order chi connectivity index (χ0) is 11.8. The Kier molecular flexibility index (Phi) is 7.07. The summed E-state index contributed by atoms with van der Waals surface area (Å²) < 4.78 is 0. The standard InChI is InChI=1S/C10H23N3O2/c1-7(2)4-9(14)6-12-8(3)5-10(11)13-15/h7-9,12,14-15H,4-6H2,1-3H3,(H2,11,13). The topological polar surface area (TPSA) is 90.9 Å². The van der Waals surface area contributed by atoms with Crippen LogP contribution in [0.3, 0.4) is 0 Å². The van der Waals surface area contributed by atoms with E-state index < -0.39 is 0 Å². The number of nitrogens with two attached hydrogens (primary N) is 1. The summed E-state index contributed by atoms with van der Waals surface area (Å²) >= 11 is 0. The molecule has 0 spiro atoms. The van der Waals surface area contributed by atoms with E-state index in [-0.39, 0.29) is 18.0 Å². The molecule has 5 N–H and O–H groups in total. The number of hydrogen-bond acceptors (Lipinski definition) is 4. The number of amidine groups is 1. The maximum absolute atomic E-state index is 9.59. The largest absolute Gasteiger partial charge is 0.409 e. The van der Waals surface area contributed by atoms with Gasteiger partial charge in [0.15, 0.2) is 0 Å². The quantitative estimate of drug-likeness (QED) is 0.216. The molecule has 0 aromatic heterocycles. The van der Waals surface area contributed by atoms with E-state index in [0.29, 0.717) is 18.9 Å². The molecule has 5 heteroatoms. The molecule has 5 nitrogen and oxygen atoms in total. The first kappa shape index (κ1) is 14.2. The number of aliphatic hydroxyl groups excluding tert-OH is 1. The fourth-order valence-electron chi connectivity index (χ4n) is 1.39. The molecular formula is C10H23N3O2. The van der Waals surface area contributed by atoms with E-state index in [1.54, 1.807) is 0 Å². The van der Waals surface area contributed by atoms with Gasteiger partial charge in [-0.3, -0.25) is 0 Å². The Morgan fingerprint density at radius 1 is 1.40 bits per heavy atom. The predicted molar refractivity (Wildman–Crippen MR) is 61.0 cm³/mol. The second-order valence-corrected chi connectivity index (χ2v) is 4.39. The van der Waals surface area contributed by atoms with Crippen molar-refractivity contribution in [3.63, 3.8) is 0 Å². The SMILES string of the molecule is CC(C)CC(O)CNC(C)CC(N)=NO. The molecule has 0 amide bonds. The van der Waals surface area contributed by atoms with Crippen molar-refractivity contribution in [1.29, 1.82) is 0 Å². The molecule has 0 aromatic rings. The van der Waals surface area contributed by atoms with Gasteiger partial charge in [0.1, 0.15) is 5.84 Å². The van der Waals surface area contributed by atoms with E-state index in [4.69, 9.17) is 10.9 Å². The summed E-state index contributed by atoms with van der Waals surface area (Å²) in [6, 6.07) is 0.0997. The van der Waals surface area contributed by atoms with Crippen LogP contribution in [0.1, 0.15) is 33.6 Å². The molecule has 0 heterocycles. The molecule has 90 valence electrons. The van der Waals surface area contributed by atoms with Crippen molar-refractivity contribution >= 4 is 5.84 Å². The lowest BCUT2D eigenvalue weighted by atomic mass is 10.1. The molecular weight excluding hydrogens is 194 g/mol. The molecule has 0 aliphatic carbocycles. The monoisotopic (exact) mass is 217 g/mol. The van der Waals surface area contributed by atoms with Gasteiger partial charge in [0.25, 0.3) is 0 Å². The van der Waals surface area contributed by atoms with Gasteiger partial charge in [-0.1, -0.05) is 19.0 Å². The van der Waals surface area contributed by atoms with Crippen molar-refractivity contribution < 1.29 is 10.3 Å². The minimum atomic E-state index is -0.334. The minimum Gasteiger partial charge on any atom is -0.409 e. The van der Waals surface area contributed by atoms with E-state index >= 15 is 0 Å². The summed E-state index contributed by atoms with van der Waals surface area (Å²) in [4.78, 5) is 0. The van der Waals surface area contributed by atoms with Crippen LogP contribution < -0.4 is 11.1 Å². The van der Waals surface area contributed by atoms with Crippen LogP contribution in [-0.4, -0.2) is 34.8 Å². The fourth-order valence-corrected chi connectivity index (χ4v) is 1.39. The van der Waals surface area contributed by atoms with Crippen LogP contribution in [0.25, 0.3) is 0 Å². The molecule has 2 unspecified atom stereocenters. The lowest BCUT2D eigenvalue weighted by molar-refractivity contribution is 0.143. The molecule has 0 saturated carbocycles. The summed E-state index contributed by atoms with van der Waals surface area (Å²) in [5.41, 5.74) is 5.36. The van der Waals surface area contributed by atoms with Crippen LogP contribution in [0.2, 0.25) is 0 Å². The van der Waals surface area contributed by atoms with Crippen LogP contribution in [0.4, 0.5) is 0 Å². The third-order valence-electron chi connectivity index (χ3n) is 2.09. The Balaban J connectivity index is 3.66. The van der Waals surface area contributed by atoms with Crippen LogP contribution in [0, 0.1) is 5.92 Å². The molecule has 0 radical (unpaired) electrons. The highest BCUT2D eigenvalue weighted by atomic mass is 16.4. The Morgan fingerprint density at radius 2 is 2.00 bits per heavy atom. The second kappa shape index (κ2) is 7.48. The Morgan fingerprint density at radius 3 is 2.47 bits per heavy atom. The number of nitrogens with one attached hydrogen (secondary N) is 1. The number of oxime groups is 1. The first-order valence-electron chi connectivity index (χ1n) is 5.33. The number of nitrogens with zero attached hydrogens (tertiary/aromatic N) is 1. The van der Waals surface area contributed by atoms with Gasteiger partial charge >= 0.3 is 0 Å². The molecule has 0 fully saturated rings. The molecule has 0 rings (SSSR count). The first-order chi connectivity index (χ1) is 6.95. The second-order valence-electron chi connectivity index (χ2n) is 4.39. The molecule has 0 aliphatic heterocycles. The van der Waals surface area contributed by atoms with Crippen molar-refractivity contribution in [1.82, 2.24) is 5.32 Å². The van der Waals surface area contributed by atoms with E-state index in [9.17, 15) is 5.11 Å². The molecule has 2 atom stereocenters. The van der Waals surface area contributed by atoms with E-state index in [0.717, 1.165) is 6.42 Å². The maximum atomic E-state index is 9.59. The fraction of sp³-hybridized carbons (Fsp3) is 0.900. The van der Waals surface area contributed by atoms with Crippen LogP contribution in [0.5, 0.6) is 0 Å². The number of aliphatic hydroxyl groups is 1. The van der Waals surface area contributed by atoms with Gasteiger partial charge in [0.05, 0.1) is 6.10 Å². The van der Waals surface area contributed by atoms with Crippen molar-refractivity contribution in [2.45, 2.75) is 45.8 Å². The number of rotatable bonds is 7. The lowest BCUT2D eigenvalue weighted by Crippen LogP contribution is -2.36. The first-order valence-corrected chi connectivity index (χ1v) is 5.33. The highest BCUT2D eigenvalue weighted by molar-refractivity contribution is 5.80. The Bertz CT molecular complexity index is 195. The van der Waals surface area contributed by atoms with Gasteiger partial charge in [-0.25, -0.2) is 0 Å². The van der Waals surface area contributed by atoms with Gasteiger partial charge in [-0.2, -0.15) is 0 Å². The average molecular weight is 217 g/mol. The summed E-state index contributed by atoms with van der Waals surface area (Å²) in [6.07, 6.45) is 0.925. The zero-order valence-corrected chi connectivity index (χ0v) is 9.77. The summed E-state index contributed by atoms with van der Waals surface area (Å²) in [5.74, 6) is 0.689. The van der Waals surface area contributed by atoms with Crippen molar-refractivity contribution in [2.24, 2.45) is 16.8 Å². The Hall–Kier alpha value is -0.810. The number of hydrogen-bond donors (Lipinski definition) is 4. The van der Waals surface area contributed by atoms with Crippen molar-refractivity contribution in [3.8, 4) is 0 Å². The Labute approximate surface area is 91.4 Å². The molecule has 0 bridgehead atoms. The van der Waals surface area contributed by atoms with E-state index in [1.807, 2.05) is 6.92 Å². The summed E-state index contributed by atoms with van der Waals surface area (Å²) in [5, 5.41) is 24.0. The molecule has 0 aliphatic rings. The van der Waals surface area contributed by atoms with Crippen molar-refractivity contribution in [3.05, 3.63) is 0 Å². The third-order valence-corrected chi connectivity index (χ3v) is 2.09. The summed E-state index contributed by atoms with van der Waals surface area (Å²) in [6.45, 7) is 6.62. The normalized spacial score (nSPS) is 16.7. The van der Waals surface area contributed by atoms with Gasteiger partial charge in [-0.05, 0) is 19.3 Å². The highest BCUT2D eigenvalue weighted by Gasteiger charge is 2.09. The van der Waals surface area contributed by atoms with Crippen LogP contribution >= 0.6 is 0 Å². The van der Waals surface area contributed by atoms with Crippen LogP contribution in [0.15, 0.2) is 5.16 Å². The van der Waals surface area contributed by atoms with Crippen LogP contribution in [-0.2, 0) is 0 Å². The highest BCUT2D eigenvalue weighted by Crippen LogP contribution is 2.03. The lowest BCUT2D eigenvalue weighted by Gasteiger charge is -2.17. The van der Waals surface area contributed by atoms with Gasteiger partial charge in [-0.15, -0.1) is 0 Å². The molecule has 0 saturated heterocycles. The predicted octanol–water partition coefficient (Wildman–Crippen LogP) is 0.508. The average Bonchev–Trinajstić information content (AvgIpc) is 2.13. The van der Waals surface area contributed by atoms with E-state index in [2.05, 4.69) is 24.3 Å². The van der Waals surface area contributed by atoms with E-state index in [1.165, 1.54) is 0 Å². The summed E-state index contributed by atoms with van der Waals surface area (Å²) in [7, 11) is 0. The van der Waals surface area contributed by atoms with Crippen molar-refractivity contribution in [2.75, 3.05) is 6.54 Å². The minimum absolute atomic E-state index is 0.0997. The third kappa shape index (κ3) is 8.20. The van der Waals surface area contributed by atoms with Gasteiger partial charge in [0.2, 0.25) is 0 Å². The molecule has 0 aromatic carbocycles.